The molecule has 2 aliphatic rings. The average molecular weight is 423 g/mol. The second kappa shape index (κ2) is 8.86. The van der Waals surface area contributed by atoms with E-state index in [4.69, 9.17) is 9.47 Å². The van der Waals surface area contributed by atoms with E-state index in [9.17, 15) is 19.2 Å². The Morgan fingerprint density at radius 1 is 0.903 bits per heavy atom. The minimum absolute atomic E-state index is 0.138. The monoisotopic (exact) mass is 423 g/mol. The second-order valence-corrected chi connectivity index (χ2v) is 7.08. The predicted octanol–water partition coefficient (Wildman–Crippen LogP) is 1.34. The Morgan fingerprint density at radius 3 is 2.32 bits per heavy atom. The zero-order chi connectivity index (χ0) is 21.8. The molecule has 2 heterocycles. The number of ether oxygens (including phenoxy) is 2. The van der Waals surface area contributed by atoms with Crippen LogP contribution in [0.25, 0.3) is 0 Å². The molecule has 0 aromatic heterocycles. The standard InChI is InChI=1S/C22H21N3O6/c26-19(6-3-11-25-21(28)15-4-1-2-5-16(15)22(25)29)23-9-10-24-20(27)14-7-8-17-18(12-14)31-13-30-17/h1-2,4-5,7-8,12H,3,6,9-11,13H2,(H,23,26)(H,24,27). The average Bonchev–Trinajstić information content (AvgIpc) is 3.35. The Bertz CT molecular complexity index is 1020. The maximum atomic E-state index is 12.3. The summed E-state index contributed by atoms with van der Waals surface area (Å²) in [5.41, 5.74) is 1.24. The summed E-state index contributed by atoms with van der Waals surface area (Å²) in [6.07, 6.45) is 0.532. The lowest BCUT2D eigenvalue weighted by Gasteiger charge is -2.13. The molecule has 31 heavy (non-hydrogen) atoms. The van der Waals surface area contributed by atoms with Gasteiger partial charge in [0.1, 0.15) is 0 Å². The van der Waals surface area contributed by atoms with Crippen LogP contribution < -0.4 is 20.1 Å². The Balaban J connectivity index is 1.14. The van der Waals surface area contributed by atoms with Crippen LogP contribution in [-0.2, 0) is 4.79 Å². The third-order valence-corrected chi connectivity index (χ3v) is 5.03. The van der Waals surface area contributed by atoms with Crippen molar-refractivity contribution in [1.29, 1.82) is 0 Å². The van der Waals surface area contributed by atoms with Gasteiger partial charge in [-0.1, -0.05) is 12.1 Å². The fraction of sp³-hybridized carbons (Fsp3) is 0.273. The first-order valence-electron chi connectivity index (χ1n) is 9.94. The molecule has 0 spiro atoms. The molecule has 2 aliphatic heterocycles. The number of benzene rings is 2. The van der Waals surface area contributed by atoms with Gasteiger partial charge in [0.15, 0.2) is 11.5 Å². The van der Waals surface area contributed by atoms with Gasteiger partial charge in [-0.15, -0.1) is 0 Å². The Hall–Kier alpha value is -3.88. The maximum absolute atomic E-state index is 12.3. The van der Waals surface area contributed by atoms with Crippen LogP contribution in [0.1, 0.15) is 43.9 Å². The van der Waals surface area contributed by atoms with Crippen LogP contribution in [0.2, 0.25) is 0 Å². The highest BCUT2D eigenvalue weighted by molar-refractivity contribution is 6.21. The number of imide groups is 1. The summed E-state index contributed by atoms with van der Waals surface area (Å²) in [6, 6.07) is 11.6. The van der Waals surface area contributed by atoms with Gasteiger partial charge in [-0.3, -0.25) is 24.1 Å². The molecule has 160 valence electrons. The van der Waals surface area contributed by atoms with Crippen molar-refractivity contribution in [2.24, 2.45) is 0 Å². The summed E-state index contributed by atoms with van der Waals surface area (Å²) in [6.45, 7) is 0.847. The van der Waals surface area contributed by atoms with Crippen molar-refractivity contribution >= 4 is 23.6 Å². The lowest BCUT2D eigenvalue weighted by molar-refractivity contribution is -0.121. The summed E-state index contributed by atoms with van der Waals surface area (Å²) in [7, 11) is 0. The number of nitrogens with zero attached hydrogens (tertiary/aromatic N) is 1. The topological polar surface area (TPSA) is 114 Å². The minimum Gasteiger partial charge on any atom is -0.454 e. The number of fused-ring (bicyclic) bond motifs is 2. The number of nitrogens with one attached hydrogen (secondary N) is 2. The summed E-state index contributed by atoms with van der Waals surface area (Å²) >= 11 is 0. The molecule has 2 N–H and O–H groups in total. The molecule has 9 nitrogen and oxygen atoms in total. The fourth-order valence-electron chi connectivity index (χ4n) is 3.45. The van der Waals surface area contributed by atoms with E-state index in [1.165, 1.54) is 4.90 Å². The van der Waals surface area contributed by atoms with Crippen LogP contribution in [-0.4, -0.2) is 55.0 Å². The van der Waals surface area contributed by atoms with Crippen LogP contribution in [0.5, 0.6) is 11.5 Å². The first-order chi connectivity index (χ1) is 15.0. The Labute approximate surface area is 178 Å². The lowest BCUT2D eigenvalue weighted by atomic mass is 10.1. The molecule has 2 aromatic rings. The van der Waals surface area contributed by atoms with Crippen LogP contribution in [0, 0.1) is 0 Å². The van der Waals surface area contributed by atoms with Gasteiger partial charge < -0.3 is 20.1 Å². The van der Waals surface area contributed by atoms with Gasteiger partial charge in [0.25, 0.3) is 17.7 Å². The van der Waals surface area contributed by atoms with Crippen molar-refractivity contribution in [1.82, 2.24) is 15.5 Å². The number of hydrogen-bond acceptors (Lipinski definition) is 6. The van der Waals surface area contributed by atoms with Gasteiger partial charge in [0, 0.05) is 31.6 Å². The van der Waals surface area contributed by atoms with Crippen molar-refractivity contribution in [3.8, 4) is 11.5 Å². The van der Waals surface area contributed by atoms with Crippen molar-refractivity contribution in [3.63, 3.8) is 0 Å². The molecule has 9 heteroatoms. The molecule has 0 unspecified atom stereocenters. The van der Waals surface area contributed by atoms with Gasteiger partial charge in [0.2, 0.25) is 12.7 Å². The largest absolute Gasteiger partial charge is 0.454 e. The van der Waals surface area contributed by atoms with Crippen LogP contribution in [0.3, 0.4) is 0 Å². The molecule has 4 rings (SSSR count). The SMILES string of the molecule is O=C(CCCN1C(=O)c2ccccc2C1=O)NCCNC(=O)c1ccc2c(c1)OCO2. The Kier molecular flexibility index (Phi) is 5.83. The fourth-order valence-corrected chi connectivity index (χ4v) is 3.45. The van der Waals surface area contributed by atoms with E-state index in [0.717, 1.165) is 0 Å². The lowest BCUT2D eigenvalue weighted by Crippen LogP contribution is -2.35. The van der Waals surface area contributed by atoms with Crippen molar-refractivity contribution < 1.29 is 28.7 Å². The first kappa shape index (κ1) is 20.4. The molecule has 0 bridgehead atoms. The van der Waals surface area contributed by atoms with E-state index in [1.807, 2.05) is 0 Å². The second-order valence-electron chi connectivity index (χ2n) is 7.08. The summed E-state index contributed by atoms with van der Waals surface area (Å²) in [5, 5.41) is 5.43. The minimum atomic E-state index is -0.327. The highest BCUT2D eigenvalue weighted by Gasteiger charge is 2.34. The summed E-state index contributed by atoms with van der Waals surface area (Å²) < 4.78 is 10.5. The van der Waals surface area contributed by atoms with E-state index in [2.05, 4.69) is 10.6 Å². The van der Waals surface area contributed by atoms with Crippen molar-refractivity contribution in [3.05, 3.63) is 59.2 Å². The normalized spacial score (nSPS) is 13.9. The molecule has 2 aromatic carbocycles. The molecular weight excluding hydrogens is 402 g/mol. The molecule has 0 radical (unpaired) electrons. The van der Waals surface area contributed by atoms with E-state index in [-0.39, 0.29) is 56.5 Å². The number of carbonyl (C=O) groups excluding carboxylic acids is 4. The van der Waals surface area contributed by atoms with Gasteiger partial charge in [0.05, 0.1) is 11.1 Å². The van der Waals surface area contributed by atoms with E-state index < -0.39 is 0 Å². The highest BCUT2D eigenvalue weighted by Crippen LogP contribution is 2.32. The quantitative estimate of drug-likeness (QED) is 0.489. The number of amides is 4. The molecule has 0 saturated heterocycles. The van der Waals surface area contributed by atoms with Gasteiger partial charge in [-0.2, -0.15) is 0 Å². The number of hydrogen-bond donors (Lipinski definition) is 2. The maximum Gasteiger partial charge on any atom is 0.261 e. The molecule has 0 atom stereocenters. The highest BCUT2D eigenvalue weighted by atomic mass is 16.7. The van der Waals surface area contributed by atoms with Crippen LogP contribution in [0.4, 0.5) is 0 Å². The summed E-state index contributed by atoms with van der Waals surface area (Å²) in [4.78, 5) is 49.9. The number of rotatable bonds is 8. The zero-order valence-corrected chi connectivity index (χ0v) is 16.7. The molecule has 0 saturated carbocycles. The van der Waals surface area contributed by atoms with E-state index in [0.29, 0.717) is 34.6 Å². The van der Waals surface area contributed by atoms with Crippen LogP contribution in [0.15, 0.2) is 42.5 Å². The first-order valence-corrected chi connectivity index (χ1v) is 9.94. The predicted molar refractivity (Wildman–Crippen MR) is 109 cm³/mol. The summed E-state index contributed by atoms with van der Waals surface area (Å²) in [5.74, 6) is -0.0179. The van der Waals surface area contributed by atoms with Gasteiger partial charge in [-0.05, 0) is 36.8 Å². The molecule has 0 fully saturated rings. The van der Waals surface area contributed by atoms with Gasteiger partial charge in [-0.25, -0.2) is 0 Å². The number of carbonyl (C=O) groups is 4. The zero-order valence-electron chi connectivity index (χ0n) is 16.7. The molecule has 0 aliphatic carbocycles. The van der Waals surface area contributed by atoms with Crippen molar-refractivity contribution in [2.75, 3.05) is 26.4 Å². The smallest absolute Gasteiger partial charge is 0.261 e. The molecule has 4 amide bonds. The van der Waals surface area contributed by atoms with Crippen LogP contribution >= 0.6 is 0 Å². The molecular formula is C22H21N3O6. The third-order valence-electron chi connectivity index (χ3n) is 5.03. The third kappa shape index (κ3) is 4.35. The van der Waals surface area contributed by atoms with Crippen molar-refractivity contribution in [2.45, 2.75) is 12.8 Å². The van der Waals surface area contributed by atoms with E-state index in [1.54, 1.807) is 42.5 Å². The van der Waals surface area contributed by atoms with Gasteiger partial charge >= 0.3 is 0 Å². The van der Waals surface area contributed by atoms with E-state index >= 15 is 0 Å². The Morgan fingerprint density at radius 2 is 1.58 bits per heavy atom.